The Balaban J connectivity index is 1.84. The summed E-state index contributed by atoms with van der Waals surface area (Å²) < 4.78 is 44.9. The Morgan fingerprint density at radius 2 is 1.75 bits per heavy atom. The van der Waals surface area contributed by atoms with Crippen molar-refractivity contribution in [3.63, 3.8) is 0 Å². The van der Waals surface area contributed by atoms with Gasteiger partial charge < -0.3 is 18.9 Å². The Bertz CT molecular complexity index is 1030. The molecule has 0 fully saturated rings. The molecule has 1 aliphatic heterocycles. The second-order valence-electron chi connectivity index (χ2n) is 6.53. The van der Waals surface area contributed by atoms with Crippen molar-refractivity contribution in [2.45, 2.75) is 19.1 Å². The number of halogens is 2. The Labute approximate surface area is 182 Å². The van der Waals surface area contributed by atoms with Crippen molar-refractivity contribution < 1.29 is 37.3 Å². The molecular formula is C21H21F2N3O6. The van der Waals surface area contributed by atoms with E-state index < -0.39 is 18.6 Å². The number of hydrogen-bond donors (Lipinski definition) is 2. The van der Waals surface area contributed by atoms with Gasteiger partial charge in [-0.25, -0.2) is 4.99 Å². The van der Waals surface area contributed by atoms with E-state index in [1.807, 2.05) is 0 Å². The van der Waals surface area contributed by atoms with E-state index in [9.17, 15) is 18.4 Å². The van der Waals surface area contributed by atoms with Crippen LogP contribution in [-0.4, -0.2) is 45.7 Å². The number of carbonyl (C=O) groups is 2. The van der Waals surface area contributed by atoms with Crippen LogP contribution in [0.4, 0.5) is 8.78 Å². The molecule has 3 rings (SSSR count). The lowest BCUT2D eigenvalue weighted by Crippen LogP contribution is -2.47. The number of nitrogens with zero attached hydrogens (tertiary/aromatic N) is 1. The SMILES string of the molecule is COc1ccc([C@@H]2CC(=O)NC(NC(=O)c3ccc(OC(F)F)cc3)=N2)c(OC)c1OC. The minimum Gasteiger partial charge on any atom is -0.493 e. The highest BCUT2D eigenvalue weighted by Gasteiger charge is 2.28. The zero-order valence-electron chi connectivity index (χ0n) is 17.5. The van der Waals surface area contributed by atoms with E-state index in [1.165, 1.54) is 45.6 Å². The molecule has 0 saturated heterocycles. The number of rotatable bonds is 7. The zero-order valence-corrected chi connectivity index (χ0v) is 17.5. The van der Waals surface area contributed by atoms with E-state index >= 15 is 0 Å². The maximum atomic E-state index is 12.5. The highest BCUT2D eigenvalue weighted by atomic mass is 19.3. The third kappa shape index (κ3) is 5.05. The molecule has 32 heavy (non-hydrogen) atoms. The lowest BCUT2D eigenvalue weighted by Gasteiger charge is -2.24. The van der Waals surface area contributed by atoms with Crippen LogP contribution in [0.5, 0.6) is 23.0 Å². The van der Waals surface area contributed by atoms with Gasteiger partial charge in [-0.3, -0.25) is 20.2 Å². The summed E-state index contributed by atoms with van der Waals surface area (Å²) in [6.07, 6.45) is 0.0187. The van der Waals surface area contributed by atoms with Gasteiger partial charge in [-0.1, -0.05) is 0 Å². The molecule has 0 bridgehead atoms. The fourth-order valence-corrected chi connectivity index (χ4v) is 3.19. The average Bonchev–Trinajstić information content (AvgIpc) is 2.77. The topological polar surface area (TPSA) is 107 Å². The van der Waals surface area contributed by atoms with Gasteiger partial charge in [0, 0.05) is 11.1 Å². The summed E-state index contributed by atoms with van der Waals surface area (Å²) in [4.78, 5) is 29.2. The summed E-state index contributed by atoms with van der Waals surface area (Å²) in [5.74, 6) is 0.0676. The van der Waals surface area contributed by atoms with Crippen molar-refractivity contribution in [3.05, 3.63) is 47.5 Å². The van der Waals surface area contributed by atoms with Gasteiger partial charge in [0.15, 0.2) is 11.5 Å². The van der Waals surface area contributed by atoms with Crippen molar-refractivity contribution in [2.24, 2.45) is 4.99 Å². The van der Waals surface area contributed by atoms with Crippen LogP contribution in [0.15, 0.2) is 41.4 Å². The Morgan fingerprint density at radius 3 is 2.34 bits per heavy atom. The number of amides is 2. The van der Waals surface area contributed by atoms with E-state index in [1.54, 1.807) is 12.1 Å². The standard InChI is InChI=1S/C21H21F2N3O6/c1-29-15-9-8-13(17(30-2)18(15)31-3)14-10-16(27)25-21(24-14)26-19(28)11-4-6-12(7-5-11)32-20(22)23/h4-9,14,20H,10H2,1-3H3,(H2,24,25,26,27,28)/t14-/m0/s1. The first-order valence-corrected chi connectivity index (χ1v) is 9.39. The summed E-state index contributed by atoms with van der Waals surface area (Å²) in [6, 6.07) is 7.81. The molecule has 0 spiro atoms. The van der Waals surface area contributed by atoms with Gasteiger partial charge in [-0.15, -0.1) is 0 Å². The number of guanidine groups is 1. The minimum atomic E-state index is -2.97. The van der Waals surface area contributed by atoms with Crippen LogP contribution in [0.25, 0.3) is 0 Å². The van der Waals surface area contributed by atoms with Gasteiger partial charge in [0.2, 0.25) is 17.6 Å². The monoisotopic (exact) mass is 449 g/mol. The first kappa shape index (κ1) is 22.8. The number of alkyl halides is 2. The molecule has 170 valence electrons. The van der Waals surface area contributed by atoms with Crippen LogP contribution in [0.1, 0.15) is 28.4 Å². The van der Waals surface area contributed by atoms with E-state index in [0.717, 1.165) is 0 Å². The van der Waals surface area contributed by atoms with Gasteiger partial charge in [0.05, 0.1) is 33.8 Å². The second-order valence-corrected chi connectivity index (χ2v) is 6.53. The van der Waals surface area contributed by atoms with Crippen molar-refractivity contribution in [1.29, 1.82) is 0 Å². The van der Waals surface area contributed by atoms with Crippen LogP contribution in [0.2, 0.25) is 0 Å². The van der Waals surface area contributed by atoms with Gasteiger partial charge in [0.1, 0.15) is 5.75 Å². The molecule has 0 saturated carbocycles. The fourth-order valence-electron chi connectivity index (χ4n) is 3.19. The summed E-state index contributed by atoms with van der Waals surface area (Å²) in [7, 11) is 4.41. The molecule has 2 N–H and O–H groups in total. The van der Waals surface area contributed by atoms with Crippen LogP contribution in [-0.2, 0) is 4.79 Å². The number of methoxy groups -OCH3 is 3. The molecule has 2 aromatic rings. The third-order valence-electron chi connectivity index (χ3n) is 4.59. The average molecular weight is 449 g/mol. The van der Waals surface area contributed by atoms with E-state index in [2.05, 4.69) is 20.4 Å². The summed E-state index contributed by atoms with van der Waals surface area (Å²) in [5.41, 5.74) is 0.731. The largest absolute Gasteiger partial charge is 0.493 e. The summed E-state index contributed by atoms with van der Waals surface area (Å²) >= 11 is 0. The normalized spacial score (nSPS) is 15.5. The summed E-state index contributed by atoms with van der Waals surface area (Å²) in [5, 5.41) is 5.01. The fraction of sp³-hybridized carbons (Fsp3) is 0.286. The molecule has 0 unspecified atom stereocenters. The number of benzene rings is 2. The first-order valence-electron chi connectivity index (χ1n) is 9.39. The molecular weight excluding hydrogens is 428 g/mol. The third-order valence-corrected chi connectivity index (χ3v) is 4.59. The van der Waals surface area contributed by atoms with Crippen molar-refractivity contribution >= 4 is 17.8 Å². The van der Waals surface area contributed by atoms with Crippen molar-refractivity contribution in [2.75, 3.05) is 21.3 Å². The zero-order chi connectivity index (χ0) is 23.3. The molecule has 9 nitrogen and oxygen atoms in total. The van der Waals surface area contributed by atoms with Gasteiger partial charge in [-0.2, -0.15) is 8.78 Å². The summed E-state index contributed by atoms with van der Waals surface area (Å²) in [6.45, 7) is -2.97. The van der Waals surface area contributed by atoms with Gasteiger partial charge in [-0.05, 0) is 36.4 Å². The Morgan fingerprint density at radius 1 is 1.06 bits per heavy atom. The second kappa shape index (κ2) is 9.94. The molecule has 2 aromatic carbocycles. The Kier molecular flexibility index (Phi) is 7.08. The maximum Gasteiger partial charge on any atom is 0.387 e. The predicted octanol–water partition coefficient (Wildman–Crippen LogP) is 2.66. The minimum absolute atomic E-state index is 0.0187. The highest BCUT2D eigenvalue weighted by Crippen LogP contribution is 2.44. The molecule has 2 amide bonds. The lowest BCUT2D eigenvalue weighted by atomic mass is 10.0. The molecule has 0 aromatic heterocycles. The molecule has 1 heterocycles. The van der Waals surface area contributed by atoms with Crippen LogP contribution in [0, 0.1) is 0 Å². The van der Waals surface area contributed by atoms with Crippen molar-refractivity contribution in [3.8, 4) is 23.0 Å². The first-order chi connectivity index (χ1) is 15.4. The number of aliphatic imine (C=N–C) groups is 1. The van der Waals surface area contributed by atoms with E-state index in [4.69, 9.17) is 14.2 Å². The number of nitrogens with one attached hydrogen (secondary N) is 2. The highest BCUT2D eigenvalue weighted by molar-refractivity contribution is 6.10. The van der Waals surface area contributed by atoms with Crippen molar-refractivity contribution in [1.82, 2.24) is 10.6 Å². The smallest absolute Gasteiger partial charge is 0.387 e. The number of hydrogen-bond acceptors (Lipinski definition) is 7. The predicted molar refractivity (Wildman–Crippen MR) is 110 cm³/mol. The van der Waals surface area contributed by atoms with Crippen LogP contribution < -0.4 is 29.6 Å². The van der Waals surface area contributed by atoms with E-state index in [0.29, 0.717) is 22.8 Å². The quantitative estimate of drug-likeness (QED) is 0.673. The van der Waals surface area contributed by atoms with Crippen LogP contribution in [0.3, 0.4) is 0 Å². The maximum absolute atomic E-state index is 12.5. The Hall–Kier alpha value is -3.89. The van der Waals surface area contributed by atoms with Gasteiger partial charge >= 0.3 is 6.61 Å². The van der Waals surface area contributed by atoms with E-state index in [-0.39, 0.29) is 29.6 Å². The number of ether oxygens (including phenoxy) is 4. The van der Waals surface area contributed by atoms with Gasteiger partial charge in [0.25, 0.3) is 5.91 Å². The molecule has 1 aliphatic rings. The molecule has 1 atom stereocenters. The lowest BCUT2D eigenvalue weighted by molar-refractivity contribution is -0.120. The molecule has 0 radical (unpaired) electrons. The molecule has 11 heteroatoms. The molecule has 0 aliphatic carbocycles. The number of carbonyl (C=O) groups excluding carboxylic acids is 2. The van der Waals surface area contributed by atoms with Crippen LogP contribution >= 0.6 is 0 Å².